The lowest BCUT2D eigenvalue weighted by atomic mass is 9.94. The first-order valence-corrected chi connectivity index (χ1v) is 10.5. The second-order valence-corrected chi connectivity index (χ2v) is 7.87. The SMILES string of the molecule is CN(CCc1ccncc1)C(=O)c1cnn2c1C[C@@H](CNC(=O)c1cccnc1)CC2. The molecule has 8 nitrogen and oxygen atoms in total. The molecule has 0 bridgehead atoms. The number of pyridine rings is 2. The van der Waals surface area contributed by atoms with E-state index in [2.05, 4.69) is 20.4 Å². The van der Waals surface area contributed by atoms with Crippen LogP contribution in [-0.4, -0.2) is 56.6 Å². The van der Waals surface area contributed by atoms with Gasteiger partial charge in [-0.1, -0.05) is 0 Å². The van der Waals surface area contributed by atoms with E-state index in [1.807, 2.05) is 23.9 Å². The summed E-state index contributed by atoms with van der Waals surface area (Å²) < 4.78 is 1.92. The monoisotopic (exact) mass is 418 g/mol. The van der Waals surface area contributed by atoms with Crippen molar-refractivity contribution in [2.45, 2.75) is 25.8 Å². The van der Waals surface area contributed by atoms with Gasteiger partial charge in [-0.25, -0.2) is 0 Å². The van der Waals surface area contributed by atoms with Crippen LogP contribution < -0.4 is 5.32 Å². The minimum Gasteiger partial charge on any atom is -0.352 e. The number of amides is 2. The van der Waals surface area contributed by atoms with Gasteiger partial charge in [0.2, 0.25) is 0 Å². The average Bonchev–Trinajstić information content (AvgIpc) is 3.25. The summed E-state index contributed by atoms with van der Waals surface area (Å²) >= 11 is 0. The molecule has 31 heavy (non-hydrogen) atoms. The molecule has 0 spiro atoms. The Morgan fingerprint density at radius 1 is 1.16 bits per heavy atom. The number of hydrogen-bond acceptors (Lipinski definition) is 5. The number of likely N-dealkylation sites (N-methyl/N-ethyl adjacent to an activating group) is 1. The van der Waals surface area contributed by atoms with Crippen LogP contribution in [0.1, 0.15) is 38.4 Å². The Morgan fingerprint density at radius 2 is 2.00 bits per heavy atom. The lowest BCUT2D eigenvalue weighted by Crippen LogP contribution is -2.34. The number of aryl methyl sites for hydroxylation is 1. The smallest absolute Gasteiger partial charge is 0.257 e. The molecule has 0 aromatic carbocycles. The summed E-state index contributed by atoms with van der Waals surface area (Å²) in [4.78, 5) is 35.1. The summed E-state index contributed by atoms with van der Waals surface area (Å²) in [6, 6.07) is 7.42. The maximum atomic E-state index is 13.0. The summed E-state index contributed by atoms with van der Waals surface area (Å²) in [7, 11) is 1.82. The lowest BCUT2D eigenvalue weighted by Gasteiger charge is -2.25. The molecule has 3 aromatic rings. The fourth-order valence-corrected chi connectivity index (χ4v) is 3.84. The number of hydrogen-bond donors (Lipinski definition) is 1. The molecule has 1 aliphatic heterocycles. The topological polar surface area (TPSA) is 93.0 Å². The van der Waals surface area contributed by atoms with E-state index < -0.39 is 0 Å². The molecule has 1 N–H and O–H groups in total. The van der Waals surface area contributed by atoms with E-state index in [9.17, 15) is 9.59 Å². The number of nitrogens with zero attached hydrogens (tertiary/aromatic N) is 5. The highest BCUT2D eigenvalue weighted by Crippen LogP contribution is 2.23. The van der Waals surface area contributed by atoms with Crippen LogP contribution in [0.5, 0.6) is 0 Å². The van der Waals surface area contributed by atoms with Gasteiger partial charge in [0.05, 0.1) is 23.0 Å². The quantitative estimate of drug-likeness (QED) is 0.633. The number of fused-ring (bicyclic) bond motifs is 1. The van der Waals surface area contributed by atoms with Crippen molar-refractivity contribution in [3.63, 3.8) is 0 Å². The van der Waals surface area contributed by atoms with Crippen molar-refractivity contribution in [3.05, 3.63) is 77.6 Å². The molecule has 4 heterocycles. The molecule has 0 radical (unpaired) electrons. The largest absolute Gasteiger partial charge is 0.352 e. The van der Waals surface area contributed by atoms with Crippen molar-refractivity contribution in [2.24, 2.45) is 5.92 Å². The third-order valence-electron chi connectivity index (χ3n) is 5.72. The summed E-state index contributed by atoms with van der Waals surface area (Å²) in [6.45, 7) is 1.93. The molecule has 0 unspecified atom stereocenters. The second-order valence-electron chi connectivity index (χ2n) is 7.87. The van der Waals surface area contributed by atoms with Gasteiger partial charge in [0, 0.05) is 51.5 Å². The Labute approximate surface area is 181 Å². The predicted octanol–water partition coefficient (Wildman–Crippen LogP) is 1.98. The standard InChI is InChI=1S/C23H26N6O2/c1-28(11-6-17-4-9-24-10-5-17)23(31)20-16-27-29-12-7-18(13-21(20)29)14-26-22(30)19-3-2-8-25-15-19/h2-5,8-10,15-16,18H,6-7,11-14H2,1H3,(H,26,30)/t18-/m0/s1. The van der Waals surface area contributed by atoms with E-state index in [0.29, 0.717) is 30.6 Å². The predicted molar refractivity (Wildman–Crippen MR) is 116 cm³/mol. The van der Waals surface area contributed by atoms with E-state index in [-0.39, 0.29) is 17.7 Å². The van der Waals surface area contributed by atoms with Crippen LogP contribution >= 0.6 is 0 Å². The van der Waals surface area contributed by atoms with Crippen LogP contribution in [0.25, 0.3) is 0 Å². The van der Waals surface area contributed by atoms with E-state index in [1.54, 1.807) is 48.0 Å². The average molecular weight is 419 g/mol. The van der Waals surface area contributed by atoms with Crippen LogP contribution in [-0.2, 0) is 19.4 Å². The number of nitrogens with one attached hydrogen (secondary N) is 1. The highest BCUT2D eigenvalue weighted by molar-refractivity contribution is 5.95. The Bertz CT molecular complexity index is 1030. The molecule has 2 amide bonds. The van der Waals surface area contributed by atoms with Gasteiger partial charge in [0.15, 0.2) is 0 Å². The third-order valence-corrected chi connectivity index (χ3v) is 5.72. The Hall–Kier alpha value is -3.55. The van der Waals surface area contributed by atoms with Crippen molar-refractivity contribution in [3.8, 4) is 0 Å². The first-order valence-electron chi connectivity index (χ1n) is 10.5. The number of rotatable bonds is 7. The maximum Gasteiger partial charge on any atom is 0.257 e. The summed E-state index contributed by atoms with van der Waals surface area (Å²) in [5.41, 5.74) is 3.30. The van der Waals surface area contributed by atoms with Crippen LogP contribution in [0.2, 0.25) is 0 Å². The summed E-state index contributed by atoms with van der Waals surface area (Å²) in [5.74, 6) is 0.119. The first-order chi connectivity index (χ1) is 15.1. The molecule has 0 fully saturated rings. The molecule has 0 aliphatic carbocycles. The van der Waals surface area contributed by atoms with E-state index in [4.69, 9.17) is 0 Å². The Balaban J connectivity index is 1.35. The molecule has 8 heteroatoms. The van der Waals surface area contributed by atoms with Gasteiger partial charge in [0.1, 0.15) is 0 Å². The third kappa shape index (κ3) is 4.96. The highest BCUT2D eigenvalue weighted by Gasteiger charge is 2.27. The van der Waals surface area contributed by atoms with Gasteiger partial charge in [-0.2, -0.15) is 5.10 Å². The minimum absolute atomic E-state index is 0.0182. The van der Waals surface area contributed by atoms with Gasteiger partial charge < -0.3 is 10.2 Å². The molecule has 3 aromatic heterocycles. The van der Waals surface area contributed by atoms with E-state index in [1.165, 1.54) is 0 Å². The fourth-order valence-electron chi connectivity index (χ4n) is 3.84. The van der Waals surface area contributed by atoms with Gasteiger partial charge in [-0.15, -0.1) is 0 Å². The number of aromatic nitrogens is 4. The first kappa shape index (κ1) is 20.7. The molecule has 1 aliphatic rings. The van der Waals surface area contributed by atoms with Gasteiger partial charge in [-0.05, 0) is 55.0 Å². The Morgan fingerprint density at radius 3 is 2.77 bits per heavy atom. The molecule has 1 atom stereocenters. The molecular formula is C23H26N6O2. The van der Waals surface area contributed by atoms with Crippen molar-refractivity contribution in [2.75, 3.05) is 20.1 Å². The van der Waals surface area contributed by atoms with Crippen LogP contribution in [0, 0.1) is 5.92 Å². The highest BCUT2D eigenvalue weighted by atomic mass is 16.2. The zero-order valence-corrected chi connectivity index (χ0v) is 17.6. The number of carbonyl (C=O) groups excluding carboxylic acids is 2. The van der Waals surface area contributed by atoms with Crippen LogP contribution in [0.3, 0.4) is 0 Å². The van der Waals surface area contributed by atoms with Crippen molar-refractivity contribution in [1.29, 1.82) is 0 Å². The van der Waals surface area contributed by atoms with Crippen molar-refractivity contribution in [1.82, 2.24) is 30.0 Å². The molecule has 160 valence electrons. The number of carbonyl (C=O) groups is 2. The van der Waals surface area contributed by atoms with Crippen LogP contribution in [0.15, 0.2) is 55.2 Å². The van der Waals surface area contributed by atoms with Crippen molar-refractivity contribution < 1.29 is 9.59 Å². The van der Waals surface area contributed by atoms with E-state index >= 15 is 0 Å². The summed E-state index contributed by atoms with van der Waals surface area (Å²) in [6.07, 6.45) is 10.8. The zero-order chi connectivity index (χ0) is 21.6. The van der Waals surface area contributed by atoms with Gasteiger partial charge >= 0.3 is 0 Å². The molecule has 0 saturated heterocycles. The maximum absolute atomic E-state index is 13.0. The lowest BCUT2D eigenvalue weighted by molar-refractivity contribution is 0.0793. The molecule has 0 saturated carbocycles. The van der Waals surface area contributed by atoms with Gasteiger partial charge in [0.25, 0.3) is 11.8 Å². The molecular weight excluding hydrogens is 392 g/mol. The molecule has 4 rings (SSSR count). The summed E-state index contributed by atoms with van der Waals surface area (Å²) in [5, 5.41) is 7.41. The Kier molecular flexibility index (Phi) is 6.35. The van der Waals surface area contributed by atoms with Gasteiger partial charge in [-0.3, -0.25) is 24.2 Å². The zero-order valence-electron chi connectivity index (χ0n) is 17.6. The van der Waals surface area contributed by atoms with Crippen LogP contribution in [0.4, 0.5) is 0 Å². The van der Waals surface area contributed by atoms with E-state index in [0.717, 1.165) is 30.6 Å². The minimum atomic E-state index is -0.126. The fraction of sp³-hybridized carbons (Fsp3) is 0.348. The van der Waals surface area contributed by atoms with Crippen molar-refractivity contribution >= 4 is 11.8 Å². The second kappa shape index (κ2) is 9.51. The normalized spacial score (nSPS) is 15.2.